The Hall–Kier alpha value is -3.14. The van der Waals surface area contributed by atoms with E-state index in [0.29, 0.717) is 21.9 Å². The number of aromatic nitrogens is 4. The smallest absolute Gasteiger partial charge is 0.236 e. The summed E-state index contributed by atoms with van der Waals surface area (Å²) in [6, 6.07) is 15.7. The molecule has 0 radical (unpaired) electrons. The minimum atomic E-state index is -0.157. The second kappa shape index (κ2) is 12.2. The molecule has 186 valence electrons. The lowest BCUT2D eigenvalue weighted by Crippen LogP contribution is -2.21. The quantitative estimate of drug-likeness (QED) is 0.174. The molecule has 4 aromatic rings. The molecule has 0 aliphatic heterocycles. The highest BCUT2D eigenvalue weighted by Crippen LogP contribution is 2.28. The van der Waals surface area contributed by atoms with E-state index in [0.717, 1.165) is 35.7 Å². The number of nitrogens with zero attached hydrogens (tertiary/aromatic N) is 5. The number of carbonyl (C=O) groups is 1. The monoisotopic (exact) mass is 538 g/mol. The second-order valence-corrected chi connectivity index (χ2v) is 10.0. The van der Waals surface area contributed by atoms with Crippen molar-refractivity contribution >= 4 is 51.4 Å². The Balaban J connectivity index is 1.41. The van der Waals surface area contributed by atoms with Crippen LogP contribution in [-0.2, 0) is 11.3 Å². The van der Waals surface area contributed by atoms with Crippen molar-refractivity contribution in [2.75, 3.05) is 29.1 Å². The summed E-state index contributed by atoms with van der Waals surface area (Å²) in [7, 11) is 0. The molecule has 36 heavy (non-hydrogen) atoms. The summed E-state index contributed by atoms with van der Waals surface area (Å²) in [4.78, 5) is 19.4. The molecule has 0 saturated heterocycles. The Labute approximate surface area is 224 Å². The summed E-state index contributed by atoms with van der Waals surface area (Å²) in [5, 5.41) is 15.4. The van der Waals surface area contributed by atoms with Gasteiger partial charge in [0, 0.05) is 46.9 Å². The highest BCUT2D eigenvalue weighted by Gasteiger charge is 2.16. The number of thiazole rings is 1. The van der Waals surface area contributed by atoms with Crippen LogP contribution in [0.3, 0.4) is 0 Å². The summed E-state index contributed by atoms with van der Waals surface area (Å²) in [5.41, 5.74) is 3.88. The van der Waals surface area contributed by atoms with Crippen molar-refractivity contribution < 1.29 is 4.79 Å². The fourth-order valence-electron chi connectivity index (χ4n) is 3.68. The number of rotatable bonds is 11. The van der Waals surface area contributed by atoms with E-state index in [-0.39, 0.29) is 11.7 Å². The maximum absolute atomic E-state index is 12.6. The summed E-state index contributed by atoms with van der Waals surface area (Å²) in [6.45, 7) is 10.6. The summed E-state index contributed by atoms with van der Waals surface area (Å²) < 4.78 is 1.97. The average molecular weight is 539 g/mol. The molecule has 1 amide bonds. The molecule has 0 unspecified atom stereocenters. The van der Waals surface area contributed by atoms with Gasteiger partial charge in [0.05, 0.1) is 11.4 Å². The number of amides is 1. The number of hydrogen-bond donors (Lipinski definition) is 1. The fourth-order valence-corrected chi connectivity index (χ4v) is 5.29. The highest BCUT2D eigenvalue weighted by atomic mass is 35.5. The van der Waals surface area contributed by atoms with Gasteiger partial charge in [0.25, 0.3) is 0 Å². The first-order valence-corrected chi connectivity index (χ1v) is 13.8. The maximum atomic E-state index is 12.6. The largest absolute Gasteiger partial charge is 0.372 e. The zero-order chi connectivity index (χ0) is 25.5. The van der Waals surface area contributed by atoms with Gasteiger partial charge in [-0.05, 0) is 50.2 Å². The van der Waals surface area contributed by atoms with E-state index < -0.39 is 0 Å². The highest BCUT2D eigenvalue weighted by molar-refractivity contribution is 7.99. The van der Waals surface area contributed by atoms with Crippen LogP contribution in [0.15, 0.2) is 71.7 Å². The lowest BCUT2D eigenvalue weighted by molar-refractivity contribution is -0.113. The Morgan fingerprint density at radius 2 is 1.81 bits per heavy atom. The molecule has 0 aliphatic carbocycles. The van der Waals surface area contributed by atoms with Gasteiger partial charge in [-0.15, -0.1) is 28.1 Å². The average Bonchev–Trinajstić information content (AvgIpc) is 3.52. The molecule has 2 heterocycles. The van der Waals surface area contributed by atoms with Gasteiger partial charge in [-0.2, -0.15) is 0 Å². The number of benzene rings is 2. The number of carbonyl (C=O) groups excluding carboxylic acids is 1. The lowest BCUT2D eigenvalue weighted by atomic mass is 10.2. The van der Waals surface area contributed by atoms with Gasteiger partial charge in [-0.3, -0.25) is 9.36 Å². The van der Waals surface area contributed by atoms with Gasteiger partial charge < -0.3 is 10.2 Å². The predicted molar refractivity (Wildman–Crippen MR) is 151 cm³/mol. The molecule has 1 N–H and O–H groups in total. The van der Waals surface area contributed by atoms with E-state index in [1.165, 1.54) is 28.8 Å². The van der Waals surface area contributed by atoms with Crippen LogP contribution in [0.2, 0.25) is 5.02 Å². The molecule has 10 heteroatoms. The van der Waals surface area contributed by atoms with Crippen LogP contribution < -0.4 is 10.2 Å². The van der Waals surface area contributed by atoms with E-state index in [1.807, 2.05) is 34.2 Å². The van der Waals surface area contributed by atoms with E-state index in [9.17, 15) is 4.79 Å². The molecule has 2 aromatic heterocycles. The number of anilines is 2. The predicted octanol–water partition coefficient (Wildman–Crippen LogP) is 6.49. The van der Waals surface area contributed by atoms with Gasteiger partial charge >= 0.3 is 0 Å². The summed E-state index contributed by atoms with van der Waals surface area (Å²) in [6.07, 6.45) is 1.80. The van der Waals surface area contributed by atoms with Gasteiger partial charge in [0.2, 0.25) is 5.91 Å². The zero-order valence-corrected chi connectivity index (χ0v) is 22.5. The number of allylic oxidation sites excluding steroid dienone is 1. The maximum Gasteiger partial charge on any atom is 0.236 e. The van der Waals surface area contributed by atoms with Crippen LogP contribution in [0.1, 0.15) is 13.8 Å². The molecule has 7 nitrogen and oxygen atoms in total. The molecular formula is C26H27ClN6OS2. The molecule has 0 saturated carbocycles. The first-order valence-electron chi connectivity index (χ1n) is 11.6. The van der Waals surface area contributed by atoms with Crippen LogP contribution in [-0.4, -0.2) is 44.5 Å². The standard InChI is InChI=1S/C26H27ClN6OS2/c1-4-15-33-24(19-9-13-21(14-10-19)32(5-2)6-3)30-31-26(33)36-17-23(34)29-25-28-22(16-35-25)18-7-11-20(27)12-8-18/h4,7-14,16H,1,5-6,15,17H2,2-3H3,(H,28,29,34). The molecule has 0 atom stereocenters. The van der Waals surface area contributed by atoms with Gasteiger partial charge in [-0.25, -0.2) is 4.98 Å². The third-order valence-electron chi connectivity index (χ3n) is 5.51. The van der Waals surface area contributed by atoms with Crippen molar-refractivity contribution in [3.05, 3.63) is 71.6 Å². The van der Waals surface area contributed by atoms with Crippen molar-refractivity contribution in [2.24, 2.45) is 0 Å². The number of thioether (sulfide) groups is 1. The van der Waals surface area contributed by atoms with E-state index >= 15 is 0 Å². The summed E-state index contributed by atoms with van der Waals surface area (Å²) >= 11 is 8.67. The molecule has 0 fully saturated rings. The van der Waals surface area contributed by atoms with E-state index in [1.54, 1.807) is 6.08 Å². The van der Waals surface area contributed by atoms with Gasteiger partial charge in [0.15, 0.2) is 16.1 Å². The number of hydrogen-bond acceptors (Lipinski definition) is 7. The normalized spacial score (nSPS) is 10.9. The second-order valence-electron chi connectivity index (χ2n) is 7.81. The molecule has 0 bridgehead atoms. The Morgan fingerprint density at radius 1 is 1.11 bits per heavy atom. The topological polar surface area (TPSA) is 75.9 Å². The van der Waals surface area contributed by atoms with Crippen LogP contribution in [0, 0.1) is 0 Å². The van der Waals surface area contributed by atoms with Crippen LogP contribution >= 0.6 is 34.7 Å². The van der Waals surface area contributed by atoms with Crippen molar-refractivity contribution in [3.63, 3.8) is 0 Å². The van der Waals surface area contributed by atoms with Crippen molar-refractivity contribution in [1.82, 2.24) is 19.7 Å². The van der Waals surface area contributed by atoms with E-state index in [4.69, 9.17) is 11.6 Å². The first kappa shape index (κ1) is 25.9. The number of halogens is 1. The number of nitrogens with one attached hydrogen (secondary N) is 1. The van der Waals surface area contributed by atoms with Crippen LogP contribution in [0.5, 0.6) is 0 Å². The third kappa shape index (κ3) is 6.16. The Bertz CT molecular complexity index is 1310. The molecule has 0 spiro atoms. The van der Waals surface area contributed by atoms with Crippen molar-refractivity contribution in [3.8, 4) is 22.6 Å². The Morgan fingerprint density at radius 3 is 2.47 bits per heavy atom. The summed E-state index contributed by atoms with van der Waals surface area (Å²) in [5.74, 6) is 0.776. The molecule has 2 aromatic carbocycles. The lowest BCUT2D eigenvalue weighted by Gasteiger charge is -2.21. The first-order chi connectivity index (χ1) is 17.5. The minimum Gasteiger partial charge on any atom is -0.372 e. The van der Waals surface area contributed by atoms with Crippen LogP contribution in [0.4, 0.5) is 10.8 Å². The fraction of sp³-hybridized carbons (Fsp3) is 0.231. The van der Waals surface area contributed by atoms with Crippen molar-refractivity contribution in [1.29, 1.82) is 0 Å². The van der Waals surface area contributed by atoms with Gasteiger partial charge in [-0.1, -0.05) is 41.6 Å². The third-order valence-corrected chi connectivity index (χ3v) is 7.48. The van der Waals surface area contributed by atoms with E-state index in [2.05, 4.69) is 70.1 Å². The van der Waals surface area contributed by atoms with Crippen molar-refractivity contribution in [2.45, 2.75) is 25.5 Å². The molecule has 4 rings (SSSR count). The molecular weight excluding hydrogens is 512 g/mol. The van der Waals surface area contributed by atoms with Gasteiger partial charge in [0.1, 0.15) is 0 Å². The Kier molecular flexibility index (Phi) is 8.79. The molecule has 0 aliphatic rings. The van der Waals surface area contributed by atoms with Crippen LogP contribution in [0.25, 0.3) is 22.6 Å². The minimum absolute atomic E-state index is 0.157. The SMILES string of the molecule is C=CCn1c(SCC(=O)Nc2nc(-c3ccc(Cl)cc3)cs2)nnc1-c1ccc(N(CC)CC)cc1. The zero-order valence-electron chi connectivity index (χ0n) is 20.1.